The van der Waals surface area contributed by atoms with E-state index < -0.39 is 53.8 Å². The van der Waals surface area contributed by atoms with Gasteiger partial charge in [-0.25, -0.2) is 16.8 Å². The summed E-state index contributed by atoms with van der Waals surface area (Å²) in [5, 5.41) is -1.00. The first-order chi connectivity index (χ1) is 21.4. The van der Waals surface area contributed by atoms with Crippen molar-refractivity contribution in [3.05, 3.63) is 129 Å². The lowest BCUT2D eigenvalue weighted by atomic mass is 9.61. The second-order valence-electron chi connectivity index (χ2n) is 12.5. The van der Waals surface area contributed by atoms with E-state index in [0.29, 0.717) is 15.6 Å². The number of halogens is 2. The van der Waals surface area contributed by atoms with Crippen molar-refractivity contribution in [1.29, 1.82) is 0 Å². The first kappa shape index (κ1) is 32.0. The molecule has 0 saturated heterocycles. The first-order valence-corrected chi connectivity index (χ1v) is 18.9. The molecule has 5 nitrogen and oxygen atoms in total. The molecule has 0 heterocycles. The van der Waals surface area contributed by atoms with Gasteiger partial charge in [-0.3, -0.25) is 4.79 Å². The largest absolute Gasteiger partial charge is 0.299 e. The minimum absolute atomic E-state index is 0.0147. The number of ketones is 1. The zero-order chi connectivity index (χ0) is 32.1. The molecule has 0 spiro atoms. The monoisotopic (exact) mass is 680 g/mol. The fourth-order valence-electron chi connectivity index (χ4n) is 7.40. The van der Waals surface area contributed by atoms with E-state index in [9.17, 15) is 21.6 Å². The van der Waals surface area contributed by atoms with Crippen molar-refractivity contribution in [2.75, 3.05) is 0 Å². The van der Waals surface area contributed by atoms with Crippen molar-refractivity contribution < 1.29 is 21.6 Å². The Balaban J connectivity index is 1.51. The van der Waals surface area contributed by atoms with Gasteiger partial charge in [0.1, 0.15) is 5.78 Å². The van der Waals surface area contributed by atoms with Gasteiger partial charge >= 0.3 is 0 Å². The topological polar surface area (TPSA) is 85.3 Å². The highest BCUT2D eigenvalue weighted by Gasteiger charge is 2.56. The Bertz CT molecular complexity index is 1940. The predicted molar refractivity (Wildman–Crippen MR) is 179 cm³/mol. The van der Waals surface area contributed by atoms with Crippen molar-refractivity contribution in [3.8, 4) is 0 Å². The average molecular weight is 682 g/mol. The minimum Gasteiger partial charge on any atom is -0.299 e. The minimum atomic E-state index is -3.99. The molecule has 2 aliphatic rings. The lowest BCUT2D eigenvalue weighted by molar-refractivity contribution is -0.128. The molecule has 0 radical (unpaired) electrons. The molecule has 9 heteroatoms. The predicted octanol–water partition coefficient (Wildman–Crippen LogP) is 8.16. The fourth-order valence-corrected chi connectivity index (χ4v) is 12.0. The molecule has 4 aromatic rings. The molecule has 0 N–H and O–H groups in total. The summed E-state index contributed by atoms with van der Waals surface area (Å²) in [6, 6.07) is 27.7. The van der Waals surface area contributed by atoms with Crippen molar-refractivity contribution in [1.82, 2.24) is 0 Å². The standard InChI is InChI=1S/C36H34Cl2O5S2/c1-22-6-10-24(11-7-22)31-20-34(39)32-21-35(44(40,41)28-14-8-23(2)9-15-28)30(25-4-3-5-27(38)18-25)19-33(32)36(31)45(42,43)29-16-12-26(37)13-17-29/h3-18,30-33,35-36H,19-21H2,1-2H3/t30?,31?,32?,33-,35?,36?/m0/s1. The third-order valence-electron chi connectivity index (χ3n) is 9.66. The van der Waals surface area contributed by atoms with E-state index in [1.807, 2.05) is 44.2 Å². The first-order valence-electron chi connectivity index (χ1n) is 15.0. The number of benzene rings is 4. The third-order valence-corrected chi connectivity index (χ3v) is 14.7. The van der Waals surface area contributed by atoms with Crippen LogP contribution < -0.4 is 0 Å². The van der Waals surface area contributed by atoms with E-state index in [-0.39, 0.29) is 34.8 Å². The van der Waals surface area contributed by atoms with Crippen LogP contribution in [0.15, 0.2) is 107 Å². The van der Waals surface area contributed by atoms with Gasteiger partial charge in [-0.1, -0.05) is 82.9 Å². The molecule has 2 aliphatic carbocycles. The van der Waals surface area contributed by atoms with E-state index in [1.165, 1.54) is 12.1 Å². The molecule has 0 amide bonds. The van der Waals surface area contributed by atoms with E-state index in [4.69, 9.17) is 23.2 Å². The molecule has 2 fully saturated rings. The summed E-state index contributed by atoms with van der Waals surface area (Å²) in [5.74, 6) is -2.62. The van der Waals surface area contributed by atoms with Gasteiger partial charge in [-0.05, 0) is 92.3 Å². The summed E-state index contributed by atoms with van der Waals surface area (Å²) in [4.78, 5) is 14.4. The molecule has 2 saturated carbocycles. The SMILES string of the molecule is Cc1ccc(C2CC(=O)C3CC(S(=O)(=O)c4ccc(C)cc4)C(c4cccc(Cl)c4)C[C@@H]3C2S(=O)(=O)c2ccc(Cl)cc2)cc1. The zero-order valence-electron chi connectivity index (χ0n) is 24.9. The smallest absolute Gasteiger partial charge is 0.182 e. The molecule has 234 valence electrons. The number of carbonyl (C=O) groups excluding carboxylic acids is 1. The Hall–Kier alpha value is -2.97. The molecule has 0 bridgehead atoms. The number of aryl methyl sites for hydroxylation is 2. The van der Waals surface area contributed by atoms with Crippen LogP contribution in [0.1, 0.15) is 53.4 Å². The Morgan fingerprint density at radius 2 is 1.18 bits per heavy atom. The lowest BCUT2D eigenvalue weighted by Crippen LogP contribution is -2.53. The van der Waals surface area contributed by atoms with Crippen molar-refractivity contribution in [3.63, 3.8) is 0 Å². The maximum Gasteiger partial charge on any atom is 0.182 e. The number of hydrogen-bond acceptors (Lipinski definition) is 5. The van der Waals surface area contributed by atoms with Gasteiger partial charge in [0, 0.05) is 34.2 Å². The number of Topliss-reactive ketones (excluding diaryl/α,β-unsaturated/α-hetero) is 1. The molecular formula is C36H34Cl2O5S2. The Morgan fingerprint density at radius 3 is 1.80 bits per heavy atom. The normalized spacial score (nSPS) is 25.5. The highest BCUT2D eigenvalue weighted by atomic mass is 35.5. The molecule has 0 aliphatic heterocycles. The van der Waals surface area contributed by atoms with Gasteiger partial charge in [0.2, 0.25) is 0 Å². The second-order valence-corrected chi connectivity index (χ2v) is 17.6. The van der Waals surface area contributed by atoms with E-state index in [1.54, 1.807) is 54.6 Å². The molecule has 6 rings (SSSR count). The summed E-state index contributed by atoms with van der Waals surface area (Å²) in [6.07, 6.45) is 0.247. The molecular weight excluding hydrogens is 647 g/mol. The number of sulfone groups is 2. The van der Waals surface area contributed by atoms with Crippen molar-refractivity contribution >= 4 is 48.7 Å². The fraction of sp³-hybridized carbons (Fsp3) is 0.306. The lowest BCUT2D eigenvalue weighted by Gasteiger charge is -2.48. The molecule has 4 aromatic carbocycles. The van der Waals surface area contributed by atoms with E-state index in [0.717, 1.165) is 16.7 Å². The van der Waals surface area contributed by atoms with Crippen LogP contribution in [0.2, 0.25) is 10.0 Å². The third kappa shape index (κ3) is 6.12. The van der Waals surface area contributed by atoms with Gasteiger partial charge < -0.3 is 0 Å². The van der Waals surface area contributed by atoms with Gasteiger partial charge in [0.25, 0.3) is 0 Å². The average Bonchev–Trinajstić information content (AvgIpc) is 3.01. The number of rotatable bonds is 6. The maximum atomic E-state index is 14.6. The van der Waals surface area contributed by atoms with Crippen molar-refractivity contribution in [2.45, 2.75) is 65.2 Å². The zero-order valence-corrected chi connectivity index (χ0v) is 28.1. The van der Waals surface area contributed by atoms with Gasteiger partial charge in [0.15, 0.2) is 19.7 Å². The summed E-state index contributed by atoms with van der Waals surface area (Å²) >= 11 is 12.5. The molecule has 6 atom stereocenters. The molecule has 5 unspecified atom stereocenters. The number of fused-ring (bicyclic) bond motifs is 1. The van der Waals surface area contributed by atoms with Crippen LogP contribution in [-0.2, 0) is 24.5 Å². The van der Waals surface area contributed by atoms with Crippen molar-refractivity contribution in [2.24, 2.45) is 11.8 Å². The number of hydrogen-bond donors (Lipinski definition) is 0. The van der Waals surface area contributed by atoms with Crippen LogP contribution in [0.25, 0.3) is 0 Å². The Kier molecular flexibility index (Phi) is 8.76. The second kappa shape index (κ2) is 12.3. The Morgan fingerprint density at radius 1 is 0.600 bits per heavy atom. The van der Waals surface area contributed by atoms with Gasteiger partial charge in [0.05, 0.1) is 20.3 Å². The van der Waals surface area contributed by atoms with Crippen LogP contribution in [0.5, 0.6) is 0 Å². The Labute approximate surface area is 275 Å². The van der Waals surface area contributed by atoms with Crippen LogP contribution in [0, 0.1) is 25.7 Å². The summed E-state index contributed by atoms with van der Waals surface area (Å²) in [5.41, 5.74) is 3.46. The number of carbonyl (C=O) groups is 1. The molecule has 0 aromatic heterocycles. The van der Waals surface area contributed by atoms with Gasteiger partial charge in [-0.15, -0.1) is 0 Å². The van der Waals surface area contributed by atoms with Crippen LogP contribution in [-0.4, -0.2) is 33.1 Å². The van der Waals surface area contributed by atoms with E-state index in [2.05, 4.69) is 0 Å². The van der Waals surface area contributed by atoms with Crippen LogP contribution in [0.4, 0.5) is 0 Å². The summed E-state index contributed by atoms with van der Waals surface area (Å²) in [7, 11) is -7.89. The van der Waals surface area contributed by atoms with E-state index >= 15 is 0 Å². The van der Waals surface area contributed by atoms with Crippen LogP contribution in [0.3, 0.4) is 0 Å². The highest BCUT2D eigenvalue weighted by Crippen LogP contribution is 2.54. The summed E-state index contributed by atoms with van der Waals surface area (Å²) < 4.78 is 57.9. The quantitative estimate of drug-likeness (QED) is 0.205. The van der Waals surface area contributed by atoms with Gasteiger partial charge in [-0.2, -0.15) is 0 Å². The van der Waals surface area contributed by atoms with Crippen LogP contribution >= 0.6 is 23.2 Å². The molecule has 45 heavy (non-hydrogen) atoms. The maximum absolute atomic E-state index is 14.6. The highest BCUT2D eigenvalue weighted by molar-refractivity contribution is 7.92. The summed E-state index contributed by atoms with van der Waals surface area (Å²) in [6.45, 7) is 3.85.